The Kier molecular flexibility index (Phi) is 3.43. The molecule has 114 valence electrons. The van der Waals surface area contributed by atoms with Crippen molar-refractivity contribution in [1.29, 1.82) is 0 Å². The van der Waals surface area contributed by atoms with E-state index in [1.165, 1.54) is 11.2 Å². The van der Waals surface area contributed by atoms with E-state index in [-0.39, 0.29) is 5.92 Å². The van der Waals surface area contributed by atoms with Crippen LogP contribution in [0.15, 0.2) is 23.1 Å². The third-order valence-electron chi connectivity index (χ3n) is 4.61. The summed E-state index contributed by atoms with van der Waals surface area (Å²) in [4.78, 5) is 12.6. The molecule has 2 fully saturated rings. The van der Waals surface area contributed by atoms with Crippen molar-refractivity contribution in [3.63, 3.8) is 0 Å². The fraction of sp³-hybridized carbons (Fsp3) is 0.533. The van der Waals surface area contributed by atoms with Gasteiger partial charge in [0.1, 0.15) is 0 Å². The van der Waals surface area contributed by atoms with E-state index in [0.29, 0.717) is 23.9 Å². The Morgan fingerprint density at radius 1 is 1.24 bits per heavy atom. The van der Waals surface area contributed by atoms with Gasteiger partial charge in [-0.05, 0) is 36.0 Å². The van der Waals surface area contributed by atoms with E-state index in [9.17, 15) is 13.2 Å². The number of nitrogens with zero attached hydrogens (tertiary/aromatic N) is 1. The second-order valence-corrected chi connectivity index (χ2v) is 8.07. The lowest BCUT2D eigenvalue weighted by atomic mass is 9.79. The first-order valence-electron chi connectivity index (χ1n) is 7.18. The molecule has 0 spiro atoms. The summed E-state index contributed by atoms with van der Waals surface area (Å²) >= 11 is 0. The van der Waals surface area contributed by atoms with Crippen LogP contribution >= 0.6 is 0 Å². The van der Waals surface area contributed by atoms with Crippen molar-refractivity contribution in [3.05, 3.63) is 29.3 Å². The third kappa shape index (κ3) is 2.64. The minimum atomic E-state index is -3.25. The van der Waals surface area contributed by atoms with Crippen molar-refractivity contribution >= 4 is 15.9 Å². The molecule has 0 aromatic heterocycles. The Hall–Kier alpha value is -1.56. The molecule has 1 saturated carbocycles. The fourth-order valence-corrected chi connectivity index (χ4v) is 4.04. The van der Waals surface area contributed by atoms with Crippen LogP contribution in [0.4, 0.5) is 4.79 Å². The molecule has 1 aliphatic heterocycles. The topological polar surface area (TPSA) is 74.7 Å². The van der Waals surface area contributed by atoms with Gasteiger partial charge in [-0.25, -0.2) is 13.2 Å². The molecule has 1 aromatic rings. The number of sulfone groups is 1. The van der Waals surface area contributed by atoms with Crippen molar-refractivity contribution < 1.29 is 18.3 Å². The van der Waals surface area contributed by atoms with Crippen LogP contribution in [-0.4, -0.2) is 43.9 Å². The molecule has 1 aromatic carbocycles. The van der Waals surface area contributed by atoms with E-state index in [0.717, 1.165) is 30.4 Å². The molecule has 0 atom stereocenters. The summed E-state index contributed by atoms with van der Waals surface area (Å²) in [5.74, 6) is 0.470. The maximum atomic E-state index is 12.0. The molecule has 0 bridgehead atoms. The van der Waals surface area contributed by atoms with Crippen LogP contribution in [0.25, 0.3) is 0 Å². The standard InChI is InChI=1S/C15H19NO4S/c1-21(19,20)14-7-11(12-8-16(9-12)15(17)18)5-6-13(14)10-3-2-4-10/h5-7,10,12H,2-4,8-9H2,1H3,(H,17,18). The number of hydrogen-bond acceptors (Lipinski definition) is 3. The Morgan fingerprint density at radius 2 is 1.90 bits per heavy atom. The van der Waals surface area contributed by atoms with E-state index < -0.39 is 15.9 Å². The van der Waals surface area contributed by atoms with Crippen molar-refractivity contribution in [2.24, 2.45) is 0 Å². The van der Waals surface area contributed by atoms with Gasteiger partial charge in [0.15, 0.2) is 9.84 Å². The van der Waals surface area contributed by atoms with E-state index in [4.69, 9.17) is 5.11 Å². The van der Waals surface area contributed by atoms with Gasteiger partial charge >= 0.3 is 6.09 Å². The van der Waals surface area contributed by atoms with Crippen LogP contribution in [0.3, 0.4) is 0 Å². The number of rotatable bonds is 3. The first-order valence-corrected chi connectivity index (χ1v) is 9.07. The highest BCUT2D eigenvalue weighted by Gasteiger charge is 2.33. The zero-order chi connectivity index (χ0) is 15.2. The highest BCUT2D eigenvalue weighted by atomic mass is 32.2. The predicted octanol–water partition coefficient (Wildman–Crippen LogP) is 2.43. The second-order valence-electron chi connectivity index (χ2n) is 6.08. The average molecular weight is 309 g/mol. The number of carboxylic acid groups (broad SMARTS) is 1. The summed E-state index contributed by atoms with van der Waals surface area (Å²) in [7, 11) is -3.25. The summed E-state index contributed by atoms with van der Waals surface area (Å²) in [6.45, 7) is 0.891. The smallest absolute Gasteiger partial charge is 0.407 e. The van der Waals surface area contributed by atoms with Crippen LogP contribution in [0.5, 0.6) is 0 Å². The van der Waals surface area contributed by atoms with E-state index >= 15 is 0 Å². The number of carbonyl (C=O) groups is 1. The number of hydrogen-bond donors (Lipinski definition) is 1. The lowest BCUT2D eigenvalue weighted by Gasteiger charge is -2.38. The normalized spacial score (nSPS) is 20.0. The molecule has 2 aliphatic rings. The Labute approximate surface area is 124 Å². The van der Waals surface area contributed by atoms with Gasteiger partial charge in [0.2, 0.25) is 0 Å². The SMILES string of the molecule is CS(=O)(=O)c1cc(C2CN(C(=O)O)C2)ccc1C1CCC1. The Balaban J connectivity index is 1.89. The van der Waals surface area contributed by atoms with Gasteiger partial charge in [-0.1, -0.05) is 18.6 Å². The molecule has 1 amide bonds. The van der Waals surface area contributed by atoms with Gasteiger partial charge in [-0.15, -0.1) is 0 Å². The average Bonchev–Trinajstić information content (AvgIpc) is 2.24. The monoisotopic (exact) mass is 309 g/mol. The fourth-order valence-electron chi connectivity index (χ4n) is 3.03. The molecule has 0 radical (unpaired) electrons. The molecular formula is C15H19NO4S. The van der Waals surface area contributed by atoms with Gasteiger partial charge in [-0.2, -0.15) is 0 Å². The highest BCUT2D eigenvalue weighted by Crippen LogP contribution is 2.40. The number of amides is 1. The Bertz CT molecular complexity index is 673. The second kappa shape index (κ2) is 5.02. The summed E-state index contributed by atoms with van der Waals surface area (Å²) in [5.41, 5.74) is 1.86. The Morgan fingerprint density at radius 3 is 2.38 bits per heavy atom. The zero-order valence-electron chi connectivity index (χ0n) is 11.9. The first kappa shape index (κ1) is 14.4. The molecule has 6 heteroatoms. The third-order valence-corrected chi connectivity index (χ3v) is 5.76. The first-order chi connectivity index (χ1) is 9.86. The summed E-state index contributed by atoms with van der Waals surface area (Å²) in [6, 6.07) is 5.65. The largest absolute Gasteiger partial charge is 0.465 e. The summed E-state index contributed by atoms with van der Waals surface area (Å²) in [5, 5.41) is 8.87. The van der Waals surface area contributed by atoms with Crippen molar-refractivity contribution in [2.75, 3.05) is 19.3 Å². The van der Waals surface area contributed by atoms with Crippen LogP contribution < -0.4 is 0 Å². The summed E-state index contributed by atoms with van der Waals surface area (Å²) in [6.07, 6.45) is 3.60. The molecule has 1 heterocycles. The molecule has 1 saturated heterocycles. The molecular weight excluding hydrogens is 290 g/mol. The van der Waals surface area contributed by atoms with E-state index in [1.54, 1.807) is 6.07 Å². The molecule has 5 nitrogen and oxygen atoms in total. The van der Waals surface area contributed by atoms with Gasteiger partial charge in [0.25, 0.3) is 0 Å². The van der Waals surface area contributed by atoms with Crippen molar-refractivity contribution in [1.82, 2.24) is 4.90 Å². The minimum Gasteiger partial charge on any atom is -0.465 e. The van der Waals surface area contributed by atoms with Gasteiger partial charge in [0.05, 0.1) is 4.90 Å². The zero-order valence-corrected chi connectivity index (χ0v) is 12.8. The molecule has 21 heavy (non-hydrogen) atoms. The highest BCUT2D eigenvalue weighted by molar-refractivity contribution is 7.90. The maximum Gasteiger partial charge on any atom is 0.407 e. The van der Waals surface area contributed by atoms with E-state index in [2.05, 4.69) is 0 Å². The predicted molar refractivity (Wildman–Crippen MR) is 78.5 cm³/mol. The van der Waals surface area contributed by atoms with E-state index in [1.807, 2.05) is 12.1 Å². The number of benzene rings is 1. The van der Waals surface area contributed by atoms with Crippen LogP contribution in [0, 0.1) is 0 Å². The van der Waals surface area contributed by atoms with Crippen LogP contribution in [0.1, 0.15) is 42.2 Å². The van der Waals surface area contributed by atoms with Crippen LogP contribution in [-0.2, 0) is 9.84 Å². The quantitative estimate of drug-likeness (QED) is 0.930. The van der Waals surface area contributed by atoms with Gasteiger partial charge in [0, 0.05) is 25.3 Å². The number of likely N-dealkylation sites (tertiary alicyclic amines) is 1. The lowest BCUT2D eigenvalue weighted by Crippen LogP contribution is -2.47. The molecule has 3 rings (SSSR count). The lowest BCUT2D eigenvalue weighted by molar-refractivity contribution is 0.105. The minimum absolute atomic E-state index is 0.108. The molecule has 1 N–H and O–H groups in total. The molecule has 0 unspecified atom stereocenters. The summed E-state index contributed by atoms with van der Waals surface area (Å²) < 4.78 is 24.1. The van der Waals surface area contributed by atoms with Gasteiger partial charge in [-0.3, -0.25) is 0 Å². The maximum absolute atomic E-state index is 12.0. The van der Waals surface area contributed by atoms with Crippen molar-refractivity contribution in [2.45, 2.75) is 36.0 Å². The van der Waals surface area contributed by atoms with Gasteiger partial charge < -0.3 is 10.0 Å². The van der Waals surface area contributed by atoms with Crippen molar-refractivity contribution in [3.8, 4) is 0 Å². The molecule has 1 aliphatic carbocycles. The van der Waals surface area contributed by atoms with Crippen LogP contribution in [0.2, 0.25) is 0 Å².